The predicted octanol–water partition coefficient (Wildman–Crippen LogP) is 5.86. The minimum absolute atomic E-state index is 0.0151. The zero-order valence-corrected chi connectivity index (χ0v) is 17.5. The third-order valence-corrected chi connectivity index (χ3v) is 6.61. The number of ether oxygens (including phenoxy) is 1. The highest BCUT2D eigenvalue weighted by Gasteiger charge is 2.37. The molecule has 2 heterocycles. The molecule has 2 aromatic carbocycles. The van der Waals surface area contributed by atoms with Crippen molar-refractivity contribution in [2.24, 2.45) is 5.92 Å². The first-order chi connectivity index (χ1) is 14.5. The highest BCUT2D eigenvalue weighted by Crippen LogP contribution is 2.41. The van der Waals surface area contributed by atoms with Gasteiger partial charge in [0, 0.05) is 22.8 Å². The van der Waals surface area contributed by atoms with Gasteiger partial charge in [-0.2, -0.15) is 0 Å². The van der Waals surface area contributed by atoms with Gasteiger partial charge in [0.15, 0.2) is 17.5 Å². The molecule has 8 heteroatoms. The first kappa shape index (κ1) is 20.9. The predicted molar refractivity (Wildman–Crippen MR) is 109 cm³/mol. The Bertz CT molecular complexity index is 991. The van der Waals surface area contributed by atoms with Gasteiger partial charge in [0.2, 0.25) is 0 Å². The molecule has 4 nitrogen and oxygen atoms in total. The molecule has 0 unspecified atom stereocenters. The summed E-state index contributed by atoms with van der Waals surface area (Å²) in [4.78, 5) is 1.13. The maximum Gasteiger partial charge on any atom is 0.194 e. The molecule has 0 spiro atoms. The number of thioether (sulfide) groups is 1. The van der Waals surface area contributed by atoms with Gasteiger partial charge in [-0.1, -0.05) is 49.0 Å². The maximum atomic E-state index is 13.6. The summed E-state index contributed by atoms with van der Waals surface area (Å²) in [6.07, 6.45) is 3.29. The second-order valence-corrected chi connectivity index (χ2v) is 8.68. The fourth-order valence-electron chi connectivity index (χ4n) is 3.85. The molecule has 0 amide bonds. The summed E-state index contributed by atoms with van der Waals surface area (Å²) in [5.74, 6) is -3.80. The van der Waals surface area contributed by atoms with Gasteiger partial charge in [-0.15, -0.1) is 5.10 Å². The fraction of sp³-hybridized carbons (Fsp3) is 0.364. The molecular formula is C22H22F3N3OS. The number of hydrogen-bond donors (Lipinski definition) is 0. The molecule has 0 bridgehead atoms. The quantitative estimate of drug-likeness (QED) is 0.473. The molecule has 30 heavy (non-hydrogen) atoms. The van der Waals surface area contributed by atoms with Gasteiger partial charge in [0.05, 0.1) is 18.3 Å². The molecule has 1 fully saturated rings. The van der Waals surface area contributed by atoms with Gasteiger partial charge >= 0.3 is 0 Å². The Labute approximate surface area is 177 Å². The third kappa shape index (κ3) is 4.25. The molecule has 3 aromatic rings. The molecule has 0 aliphatic carbocycles. The van der Waals surface area contributed by atoms with Crippen molar-refractivity contribution in [2.45, 2.75) is 49.2 Å². The minimum Gasteiger partial charge on any atom is -0.364 e. The van der Waals surface area contributed by atoms with E-state index in [0.29, 0.717) is 12.1 Å². The summed E-state index contributed by atoms with van der Waals surface area (Å²) < 4.78 is 48.5. The van der Waals surface area contributed by atoms with Crippen molar-refractivity contribution in [2.75, 3.05) is 0 Å². The normalized spacial score (nSPS) is 24.2. The molecule has 0 N–H and O–H groups in total. The summed E-state index contributed by atoms with van der Waals surface area (Å²) >= 11 is 1.67. The van der Waals surface area contributed by atoms with Gasteiger partial charge < -0.3 is 4.74 Å². The first-order valence-electron chi connectivity index (χ1n) is 9.90. The van der Waals surface area contributed by atoms with Crippen LogP contribution < -0.4 is 0 Å². The van der Waals surface area contributed by atoms with E-state index >= 15 is 0 Å². The standard InChI is InChI=1S/C22H22F3N3OS/c1-3-20-13(2)19(11-21(29-20)30-15-7-5-4-6-8-15)28-12-18(26-27-28)14-9-16(23)22(25)17(24)10-14/h4-10,12-13,19-21H,3,11H2,1-2H3/t13-,19+,20+,21+/m0/s1. The molecule has 158 valence electrons. The van der Waals surface area contributed by atoms with Crippen LogP contribution in [0.4, 0.5) is 13.2 Å². The van der Waals surface area contributed by atoms with Gasteiger partial charge in [-0.3, -0.25) is 0 Å². The lowest BCUT2D eigenvalue weighted by Crippen LogP contribution is -2.39. The Morgan fingerprint density at radius 3 is 2.50 bits per heavy atom. The van der Waals surface area contributed by atoms with E-state index in [-0.39, 0.29) is 29.1 Å². The van der Waals surface area contributed by atoms with Crippen molar-refractivity contribution >= 4 is 11.8 Å². The Morgan fingerprint density at radius 1 is 1.13 bits per heavy atom. The van der Waals surface area contributed by atoms with Crippen molar-refractivity contribution in [3.63, 3.8) is 0 Å². The van der Waals surface area contributed by atoms with Crippen molar-refractivity contribution in [1.29, 1.82) is 0 Å². The number of hydrogen-bond acceptors (Lipinski definition) is 4. The van der Waals surface area contributed by atoms with Crippen molar-refractivity contribution in [1.82, 2.24) is 15.0 Å². The number of rotatable bonds is 5. The molecule has 0 saturated carbocycles. The van der Waals surface area contributed by atoms with E-state index in [9.17, 15) is 13.2 Å². The molecule has 1 aliphatic heterocycles. The Morgan fingerprint density at radius 2 is 1.83 bits per heavy atom. The third-order valence-electron chi connectivity index (χ3n) is 5.50. The van der Waals surface area contributed by atoms with E-state index in [2.05, 4.69) is 24.2 Å². The van der Waals surface area contributed by atoms with Crippen LogP contribution in [0.5, 0.6) is 0 Å². The largest absolute Gasteiger partial charge is 0.364 e. The lowest BCUT2D eigenvalue weighted by atomic mass is 9.89. The molecular weight excluding hydrogens is 411 g/mol. The first-order valence-corrected chi connectivity index (χ1v) is 10.8. The van der Waals surface area contributed by atoms with E-state index in [1.807, 2.05) is 30.3 Å². The van der Waals surface area contributed by atoms with E-state index in [1.165, 1.54) is 0 Å². The van der Waals surface area contributed by atoms with E-state index in [4.69, 9.17) is 4.74 Å². The maximum absolute atomic E-state index is 13.6. The summed E-state index contributed by atoms with van der Waals surface area (Å²) in [5, 5.41) is 8.30. The SMILES string of the molecule is CC[C@H]1O[C@H](Sc2ccccc2)C[C@@H](n2cc(-c3cc(F)c(F)c(F)c3)nn2)[C@@H]1C. The van der Waals surface area contributed by atoms with E-state index in [1.54, 1.807) is 22.6 Å². The van der Waals surface area contributed by atoms with Gasteiger partial charge in [-0.25, -0.2) is 17.9 Å². The minimum atomic E-state index is -1.49. The molecule has 0 radical (unpaired) electrons. The summed E-state index contributed by atoms with van der Waals surface area (Å²) in [6, 6.07) is 11.9. The van der Waals surface area contributed by atoms with Crippen LogP contribution in [-0.4, -0.2) is 26.5 Å². The summed E-state index contributed by atoms with van der Waals surface area (Å²) in [6.45, 7) is 4.20. The van der Waals surface area contributed by atoms with Gasteiger partial charge in [0.25, 0.3) is 0 Å². The molecule has 1 aliphatic rings. The van der Waals surface area contributed by atoms with Crippen LogP contribution in [0.2, 0.25) is 0 Å². The zero-order chi connectivity index (χ0) is 21.3. The summed E-state index contributed by atoms with van der Waals surface area (Å²) in [5.41, 5.74) is 0.401. The van der Waals surface area contributed by atoms with Crippen LogP contribution in [0.3, 0.4) is 0 Å². The van der Waals surface area contributed by atoms with Crippen molar-refractivity contribution < 1.29 is 17.9 Å². The lowest BCUT2D eigenvalue weighted by molar-refractivity contribution is -0.0664. The fourth-order valence-corrected chi connectivity index (χ4v) is 4.96. The Balaban J connectivity index is 1.58. The Hall–Kier alpha value is -2.32. The Kier molecular flexibility index (Phi) is 6.15. The van der Waals surface area contributed by atoms with E-state index < -0.39 is 17.5 Å². The molecule has 1 saturated heterocycles. The van der Waals surface area contributed by atoms with Gasteiger partial charge in [0.1, 0.15) is 11.1 Å². The second-order valence-electron chi connectivity index (χ2n) is 7.44. The average Bonchev–Trinajstić information content (AvgIpc) is 3.23. The highest BCUT2D eigenvalue weighted by atomic mass is 32.2. The van der Waals surface area contributed by atoms with Gasteiger partial charge in [-0.05, 0) is 30.7 Å². The number of benzene rings is 2. The monoisotopic (exact) mass is 433 g/mol. The summed E-state index contributed by atoms with van der Waals surface area (Å²) in [7, 11) is 0. The smallest absolute Gasteiger partial charge is 0.194 e. The van der Waals surface area contributed by atoms with Crippen molar-refractivity contribution in [3.8, 4) is 11.3 Å². The average molecular weight is 433 g/mol. The van der Waals surface area contributed by atoms with Crippen LogP contribution in [0, 0.1) is 23.4 Å². The van der Waals surface area contributed by atoms with E-state index in [0.717, 1.165) is 23.4 Å². The number of nitrogens with zero attached hydrogens (tertiary/aromatic N) is 3. The van der Waals surface area contributed by atoms with Crippen LogP contribution in [0.1, 0.15) is 32.7 Å². The molecule has 4 rings (SSSR count). The van der Waals surface area contributed by atoms with Crippen LogP contribution in [-0.2, 0) is 4.74 Å². The van der Waals surface area contributed by atoms with Crippen molar-refractivity contribution in [3.05, 3.63) is 66.1 Å². The lowest BCUT2D eigenvalue weighted by Gasteiger charge is -2.39. The zero-order valence-electron chi connectivity index (χ0n) is 16.6. The second kappa shape index (κ2) is 8.81. The number of aromatic nitrogens is 3. The van der Waals surface area contributed by atoms with Crippen LogP contribution >= 0.6 is 11.8 Å². The molecule has 4 atom stereocenters. The topological polar surface area (TPSA) is 39.9 Å². The number of halogens is 3. The highest BCUT2D eigenvalue weighted by molar-refractivity contribution is 7.99. The van der Waals surface area contributed by atoms with Crippen LogP contribution in [0.15, 0.2) is 53.6 Å². The molecule has 1 aromatic heterocycles. The van der Waals surface area contributed by atoms with Crippen LogP contribution in [0.25, 0.3) is 11.3 Å².